The third kappa shape index (κ3) is 2.67. The summed E-state index contributed by atoms with van der Waals surface area (Å²) in [5.41, 5.74) is 0.398. The van der Waals surface area contributed by atoms with Crippen LogP contribution in [0.1, 0.15) is 50.8 Å². The minimum absolute atomic E-state index is 0.00414. The summed E-state index contributed by atoms with van der Waals surface area (Å²) in [5, 5.41) is 8.98. The molecule has 0 fully saturated rings. The molecule has 1 unspecified atom stereocenters. The van der Waals surface area contributed by atoms with Gasteiger partial charge in [0.25, 0.3) is 11.8 Å². The van der Waals surface area contributed by atoms with E-state index in [-0.39, 0.29) is 35.2 Å². The number of aromatic carboxylic acids is 1. The number of amides is 2. The third-order valence-electron chi connectivity index (χ3n) is 3.51. The number of rotatable bonds is 6. The molecular formula is C15H17NO5. The maximum absolute atomic E-state index is 12.4. The molecular weight excluding hydrogens is 274 g/mol. The number of methoxy groups -OCH3 is 1. The number of ether oxygens (including phenoxy) is 1. The Morgan fingerprint density at radius 3 is 2.52 bits per heavy atom. The molecule has 1 aliphatic heterocycles. The minimum atomic E-state index is -1.13. The molecule has 0 aliphatic carbocycles. The molecule has 21 heavy (non-hydrogen) atoms. The Hall–Kier alpha value is -2.21. The van der Waals surface area contributed by atoms with Gasteiger partial charge in [0.2, 0.25) is 0 Å². The van der Waals surface area contributed by atoms with Crippen molar-refractivity contribution in [3.8, 4) is 0 Å². The van der Waals surface area contributed by atoms with E-state index in [1.165, 1.54) is 30.2 Å². The molecule has 1 atom stereocenters. The number of carbonyl (C=O) groups excluding carboxylic acids is 2. The van der Waals surface area contributed by atoms with Crippen LogP contribution in [0.15, 0.2) is 18.2 Å². The lowest BCUT2D eigenvalue weighted by atomic mass is 10.1. The maximum atomic E-state index is 12.4. The van der Waals surface area contributed by atoms with Crippen LogP contribution in [-0.2, 0) is 4.74 Å². The molecule has 1 aromatic carbocycles. The molecule has 0 saturated heterocycles. The Morgan fingerprint density at radius 2 is 1.95 bits per heavy atom. The van der Waals surface area contributed by atoms with Gasteiger partial charge in [-0.05, 0) is 24.6 Å². The summed E-state index contributed by atoms with van der Waals surface area (Å²) in [7, 11) is 1.52. The summed E-state index contributed by atoms with van der Waals surface area (Å²) in [4.78, 5) is 37.0. The van der Waals surface area contributed by atoms with Gasteiger partial charge in [-0.25, -0.2) is 4.79 Å². The number of benzene rings is 1. The van der Waals surface area contributed by atoms with Gasteiger partial charge in [0.1, 0.15) is 0 Å². The van der Waals surface area contributed by atoms with Gasteiger partial charge < -0.3 is 9.84 Å². The molecule has 1 aliphatic rings. The highest BCUT2D eigenvalue weighted by atomic mass is 16.5. The van der Waals surface area contributed by atoms with Crippen LogP contribution in [0.2, 0.25) is 0 Å². The number of hydrogen-bond donors (Lipinski definition) is 1. The van der Waals surface area contributed by atoms with Crippen molar-refractivity contribution in [1.82, 2.24) is 4.90 Å². The zero-order valence-electron chi connectivity index (χ0n) is 12.0. The number of carboxylic acids is 1. The standard InChI is InChI=1S/C15H17NO5/c1-3-4-10(8-21-2)16-13(17)11-6-5-9(15(19)20)7-12(11)14(16)18/h5-7,10H,3-4,8H2,1-2H3,(H,19,20). The predicted molar refractivity (Wildman–Crippen MR) is 74.5 cm³/mol. The normalized spacial score (nSPS) is 15.2. The molecule has 2 amide bonds. The number of carboxylic acid groups (broad SMARTS) is 1. The highest BCUT2D eigenvalue weighted by Crippen LogP contribution is 2.27. The Labute approximate surface area is 122 Å². The fraction of sp³-hybridized carbons (Fsp3) is 0.400. The van der Waals surface area contributed by atoms with Crippen molar-refractivity contribution in [3.63, 3.8) is 0 Å². The fourth-order valence-electron chi connectivity index (χ4n) is 2.54. The number of carbonyl (C=O) groups is 3. The number of fused-ring (bicyclic) bond motifs is 1. The number of imide groups is 1. The van der Waals surface area contributed by atoms with Crippen molar-refractivity contribution in [1.29, 1.82) is 0 Å². The fourth-order valence-corrected chi connectivity index (χ4v) is 2.54. The van der Waals surface area contributed by atoms with Crippen molar-refractivity contribution in [2.45, 2.75) is 25.8 Å². The Morgan fingerprint density at radius 1 is 1.29 bits per heavy atom. The zero-order valence-corrected chi connectivity index (χ0v) is 12.0. The predicted octanol–water partition coefficient (Wildman–Crippen LogP) is 1.80. The summed E-state index contributed by atoms with van der Waals surface area (Å²) in [6.45, 7) is 2.23. The summed E-state index contributed by atoms with van der Waals surface area (Å²) in [5.74, 6) is -1.96. The maximum Gasteiger partial charge on any atom is 0.335 e. The van der Waals surface area contributed by atoms with Crippen LogP contribution in [0.25, 0.3) is 0 Å². The molecule has 1 heterocycles. The average Bonchev–Trinajstić information content (AvgIpc) is 2.70. The monoisotopic (exact) mass is 291 g/mol. The van der Waals surface area contributed by atoms with Gasteiger partial charge >= 0.3 is 5.97 Å². The van der Waals surface area contributed by atoms with Crippen molar-refractivity contribution in [3.05, 3.63) is 34.9 Å². The SMILES string of the molecule is CCCC(COC)N1C(=O)c2ccc(C(=O)O)cc2C1=O. The van der Waals surface area contributed by atoms with E-state index in [4.69, 9.17) is 9.84 Å². The molecule has 0 bridgehead atoms. The van der Waals surface area contributed by atoms with Gasteiger partial charge in [0, 0.05) is 7.11 Å². The molecule has 0 spiro atoms. The highest BCUT2D eigenvalue weighted by Gasteiger charge is 2.39. The third-order valence-corrected chi connectivity index (χ3v) is 3.51. The second kappa shape index (κ2) is 6.05. The molecule has 6 nitrogen and oxygen atoms in total. The lowest BCUT2D eigenvalue weighted by molar-refractivity contribution is 0.0457. The van der Waals surface area contributed by atoms with E-state index in [2.05, 4.69) is 0 Å². The molecule has 6 heteroatoms. The molecule has 0 aromatic heterocycles. The van der Waals surface area contributed by atoms with E-state index >= 15 is 0 Å². The van der Waals surface area contributed by atoms with E-state index < -0.39 is 11.9 Å². The van der Waals surface area contributed by atoms with Crippen LogP contribution in [-0.4, -0.2) is 47.5 Å². The quantitative estimate of drug-likeness (QED) is 0.808. The lowest BCUT2D eigenvalue weighted by Crippen LogP contribution is -2.42. The molecule has 0 saturated carbocycles. The van der Waals surface area contributed by atoms with Gasteiger partial charge in [-0.1, -0.05) is 13.3 Å². The Kier molecular flexibility index (Phi) is 4.37. The first-order chi connectivity index (χ1) is 10.0. The van der Waals surface area contributed by atoms with Gasteiger partial charge in [-0.2, -0.15) is 0 Å². The van der Waals surface area contributed by atoms with Gasteiger partial charge in [0.15, 0.2) is 0 Å². The Balaban J connectivity index is 2.39. The van der Waals surface area contributed by atoms with Crippen molar-refractivity contribution in [2.75, 3.05) is 13.7 Å². The van der Waals surface area contributed by atoms with Crippen LogP contribution >= 0.6 is 0 Å². The van der Waals surface area contributed by atoms with E-state index in [9.17, 15) is 14.4 Å². The summed E-state index contributed by atoms with van der Waals surface area (Å²) in [6.07, 6.45) is 1.45. The summed E-state index contributed by atoms with van der Waals surface area (Å²) in [6, 6.07) is 3.66. The van der Waals surface area contributed by atoms with Crippen LogP contribution in [0, 0.1) is 0 Å². The van der Waals surface area contributed by atoms with Crippen molar-refractivity contribution >= 4 is 17.8 Å². The summed E-state index contributed by atoms with van der Waals surface area (Å²) < 4.78 is 5.09. The van der Waals surface area contributed by atoms with E-state index in [0.29, 0.717) is 6.42 Å². The molecule has 1 aromatic rings. The van der Waals surface area contributed by atoms with Crippen LogP contribution in [0.4, 0.5) is 0 Å². The minimum Gasteiger partial charge on any atom is -0.478 e. The van der Waals surface area contributed by atoms with E-state index in [1.807, 2.05) is 6.92 Å². The van der Waals surface area contributed by atoms with Crippen LogP contribution in [0.5, 0.6) is 0 Å². The molecule has 2 rings (SSSR count). The van der Waals surface area contributed by atoms with Gasteiger partial charge in [0.05, 0.1) is 29.3 Å². The average molecular weight is 291 g/mol. The van der Waals surface area contributed by atoms with Crippen molar-refractivity contribution < 1.29 is 24.2 Å². The first kappa shape index (κ1) is 15.2. The first-order valence-corrected chi connectivity index (χ1v) is 6.75. The van der Waals surface area contributed by atoms with Gasteiger partial charge in [-0.3, -0.25) is 14.5 Å². The van der Waals surface area contributed by atoms with Crippen LogP contribution in [0.3, 0.4) is 0 Å². The number of nitrogens with zero attached hydrogens (tertiary/aromatic N) is 1. The molecule has 0 radical (unpaired) electrons. The zero-order chi connectivity index (χ0) is 15.6. The first-order valence-electron chi connectivity index (χ1n) is 6.75. The van der Waals surface area contributed by atoms with Crippen molar-refractivity contribution in [2.24, 2.45) is 0 Å². The van der Waals surface area contributed by atoms with E-state index in [0.717, 1.165) is 6.42 Å². The molecule has 1 N–H and O–H groups in total. The van der Waals surface area contributed by atoms with Gasteiger partial charge in [-0.15, -0.1) is 0 Å². The molecule has 112 valence electrons. The lowest BCUT2D eigenvalue weighted by Gasteiger charge is -2.25. The number of hydrogen-bond acceptors (Lipinski definition) is 4. The smallest absolute Gasteiger partial charge is 0.335 e. The largest absolute Gasteiger partial charge is 0.478 e. The summed E-state index contributed by atoms with van der Waals surface area (Å²) >= 11 is 0. The Bertz CT molecular complexity index is 590. The highest BCUT2D eigenvalue weighted by molar-refractivity contribution is 6.22. The van der Waals surface area contributed by atoms with Crippen LogP contribution < -0.4 is 0 Å². The van der Waals surface area contributed by atoms with E-state index in [1.54, 1.807) is 0 Å². The topological polar surface area (TPSA) is 83.9 Å². The second-order valence-corrected chi connectivity index (χ2v) is 4.94. The second-order valence-electron chi connectivity index (χ2n) is 4.94.